The van der Waals surface area contributed by atoms with Crippen molar-refractivity contribution in [1.29, 1.82) is 0 Å². The number of aromatic nitrogens is 2. The van der Waals surface area contributed by atoms with Crippen molar-refractivity contribution in [2.75, 3.05) is 6.61 Å². The van der Waals surface area contributed by atoms with Crippen LogP contribution in [0.3, 0.4) is 0 Å². The third kappa shape index (κ3) is 3.14. The molecule has 0 aliphatic carbocycles. The topological polar surface area (TPSA) is 61.2 Å². The number of esters is 1. The number of thiophene rings is 1. The maximum Gasteiger partial charge on any atom is 0.326 e. The Kier molecular flexibility index (Phi) is 4.82. The largest absolute Gasteiger partial charge is 0.465 e. The van der Waals surface area contributed by atoms with Crippen molar-refractivity contribution in [1.82, 2.24) is 9.55 Å². The zero-order chi connectivity index (χ0) is 17.3. The van der Waals surface area contributed by atoms with Gasteiger partial charge in [-0.2, -0.15) is 0 Å². The van der Waals surface area contributed by atoms with Crippen LogP contribution in [0.25, 0.3) is 21.3 Å². The van der Waals surface area contributed by atoms with Crippen molar-refractivity contribution in [3.8, 4) is 11.1 Å². The summed E-state index contributed by atoms with van der Waals surface area (Å²) in [6.07, 6.45) is 1.41. The van der Waals surface area contributed by atoms with Crippen molar-refractivity contribution in [2.24, 2.45) is 0 Å². The van der Waals surface area contributed by atoms with Gasteiger partial charge in [0.1, 0.15) is 11.4 Å². The monoisotopic (exact) mass is 406 g/mol. The van der Waals surface area contributed by atoms with Crippen molar-refractivity contribution in [3.05, 3.63) is 50.3 Å². The number of hydrogen-bond donors (Lipinski definition) is 0. The normalized spacial score (nSPS) is 11.0. The Morgan fingerprint density at radius 2 is 2.04 bits per heavy atom. The molecule has 0 radical (unpaired) electrons. The predicted octanol–water partition coefficient (Wildman–Crippen LogP) is 3.76. The van der Waals surface area contributed by atoms with Crippen LogP contribution in [-0.2, 0) is 16.1 Å². The summed E-state index contributed by atoms with van der Waals surface area (Å²) in [5.74, 6) is -0.446. The molecule has 0 N–H and O–H groups in total. The van der Waals surface area contributed by atoms with Crippen LogP contribution >= 0.6 is 27.3 Å². The number of carbonyl (C=O) groups excluding carboxylic acids is 1. The molecule has 0 aliphatic heterocycles. The average molecular weight is 407 g/mol. The number of ether oxygens (including phenoxy) is 1. The minimum absolute atomic E-state index is 0.135. The van der Waals surface area contributed by atoms with E-state index in [9.17, 15) is 9.59 Å². The van der Waals surface area contributed by atoms with Gasteiger partial charge in [-0.05, 0) is 31.5 Å². The molecule has 2 aromatic heterocycles. The number of hydrogen-bond acceptors (Lipinski definition) is 5. The van der Waals surface area contributed by atoms with Gasteiger partial charge in [-0.1, -0.05) is 28.1 Å². The van der Waals surface area contributed by atoms with Crippen LogP contribution in [0.15, 0.2) is 39.9 Å². The minimum Gasteiger partial charge on any atom is -0.465 e. The first-order valence-corrected chi connectivity index (χ1v) is 9.02. The number of halogens is 1. The molecular formula is C17H15BrN2O3S. The molecule has 24 heavy (non-hydrogen) atoms. The zero-order valence-electron chi connectivity index (χ0n) is 13.2. The molecule has 0 unspecified atom stereocenters. The van der Waals surface area contributed by atoms with Gasteiger partial charge >= 0.3 is 5.97 Å². The lowest BCUT2D eigenvalue weighted by atomic mass is 10.0. The molecule has 5 nitrogen and oxygen atoms in total. The Bertz CT molecular complexity index is 960. The molecule has 0 fully saturated rings. The maximum atomic E-state index is 12.9. The number of carbonyl (C=O) groups is 1. The van der Waals surface area contributed by atoms with Crippen LogP contribution in [0.2, 0.25) is 0 Å². The summed E-state index contributed by atoms with van der Waals surface area (Å²) in [6.45, 7) is 3.85. The van der Waals surface area contributed by atoms with Crippen molar-refractivity contribution >= 4 is 43.5 Å². The second kappa shape index (κ2) is 6.86. The third-order valence-electron chi connectivity index (χ3n) is 3.59. The number of rotatable bonds is 4. The number of benzene rings is 1. The first-order chi connectivity index (χ1) is 11.5. The smallest absolute Gasteiger partial charge is 0.326 e. The van der Waals surface area contributed by atoms with Crippen molar-refractivity contribution in [2.45, 2.75) is 20.4 Å². The Morgan fingerprint density at radius 3 is 2.71 bits per heavy atom. The zero-order valence-corrected chi connectivity index (χ0v) is 15.6. The number of fused-ring (bicyclic) bond motifs is 1. The van der Waals surface area contributed by atoms with E-state index in [1.54, 1.807) is 6.92 Å². The molecule has 124 valence electrons. The highest BCUT2D eigenvalue weighted by Gasteiger charge is 2.17. The van der Waals surface area contributed by atoms with Crippen molar-refractivity contribution in [3.63, 3.8) is 0 Å². The number of aryl methyl sites for hydroxylation is 1. The molecule has 3 aromatic rings. The molecule has 0 aliphatic rings. The maximum absolute atomic E-state index is 12.9. The fourth-order valence-electron chi connectivity index (χ4n) is 2.56. The standard InChI is InChI=1S/C17H15BrN2O3S/c1-3-23-13(21)8-20-9-19-16-15(17(20)22)14(10(2)24-16)11-4-6-12(18)7-5-11/h4-7,9H,3,8H2,1-2H3. The van der Waals surface area contributed by atoms with E-state index in [0.717, 1.165) is 20.5 Å². The van der Waals surface area contributed by atoms with Gasteiger partial charge in [-0.3, -0.25) is 14.2 Å². The second-order valence-corrected chi connectivity index (χ2v) is 7.32. The quantitative estimate of drug-likeness (QED) is 0.618. The summed E-state index contributed by atoms with van der Waals surface area (Å²) < 4.78 is 7.19. The summed E-state index contributed by atoms with van der Waals surface area (Å²) in [5.41, 5.74) is 1.60. The van der Waals surface area contributed by atoms with Gasteiger partial charge in [-0.15, -0.1) is 11.3 Å². The van der Waals surface area contributed by atoms with Crippen LogP contribution in [0.4, 0.5) is 0 Å². The molecule has 1 aromatic carbocycles. The van der Waals surface area contributed by atoms with E-state index >= 15 is 0 Å². The van der Waals surface area contributed by atoms with E-state index in [1.165, 1.54) is 22.2 Å². The summed E-state index contributed by atoms with van der Waals surface area (Å²) in [7, 11) is 0. The highest BCUT2D eigenvalue weighted by molar-refractivity contribution is 9.10. The van der Waals surface area contributed by atoms with Gasteiger partial charge in [0.25, 0.3) is 5.56 Å². The van der Waals surface area contributed by atoms with Crippen LogP contribution in [0.1, 0.15) is 11.8 Å². The average Bonchev–Trinajstić information content (AvgIpc) is 2.88. The first-order valence-electron chi connectivity index (χ1n) is 7.41. The van der Waals surface area contributed by atoms with Gasteiger partial charge in [0, 0.05) is 14.9 Å². The molecule has 0 spiro atoms. The summed E-state index contributed by atoms with van der Waals surface area (Å²) in [6, 6.07) is 7.79. The molecule has 0 atom stereocenters. The molecular weight excluding hydrogens is 392 g/mol. The Hall–Kier alpha value is -1.99. The summed E-state index contributed by atoms with van der Waals surface area (Å²) in [4.78, 5) is 30.6. The lowest BCUT2D eigenvalue weighted by Gasteiger charge is -2.06. The molecule has 3 rings (SSSR count). The molecule has 0 bridgehead atoms. The van der Waals surface area contributed by atoms with Crippen LogP contribution in [-0.4, -0.2) is 22.1 Å². The molecule has 7 heteroatoms. The predicted molar refractivity (Wildman–Crippen MR) is 98.4 cm³/mol. The Morgan fingerprint density at radius 1 is 1.33 bits per heavy atom. The Labute approximate surface area is 151 Å². The van der Waals surface area contributed by atoms with Gasteiger partial charge in [0.05, 0.1) is 18.3 Å². The SMILES string of the molecule is CCOC(=O)Cn1cnc2sc(C)c(-c3ccc(Br)cc3)c2c1=O. The van der Waals surface area contributed by atoms with E-state index < -0.39 is 5.97 Å². The van der Waals surface area contributed by atoms with E-state index in [-0.39, 0.29) is 18.7 Å². The summed E-state index contributed by atoms with van der Waals surface area (Å²) in [5, 5.41) is 0.548. The molecule has 0 amide bonds. The summed E-state index contributed by atoms with van der Waals surface area (Å²) >= 11 is 4.90. The highest BCUT2D eigenvalue weighted by atomic mass is 79.9. The molecule has 2 heterocycles. The van der Waals surface area contributed by atoms with E-state index in [0.29, 0.717) is 10.2 Å². The van der Waals surface area contributed by atoms with Crippen LogP contribution in [0, 0.1) is 6.92 Å². The minimum atomic E-state index is -0.446. The van der Waals surface area contributed by atoms with E-state index in [4.69, 9.17) is 4.74 Å². The number of nitrogens with zero attached hydrogens (tertiary/aromatic N) is 2. The molecule has 0 saturated carbocycles. The lowest BCUT2D eigenvalue weighted by Crippen LogP contribution is -2.25. The van der Waals surface area contributed by atoms with Gasteiger partial charge in [0.2, 0.25) is 0 Å². The van der Waals surface area contributed by atoms with Gasteiger partial charge in [-0.25, -0.2) is 4.98 Å². The molecule has 0 saturated heterocycles. The lowest BCUT2D eigenvalue weighted by molar-refractivity contribution is -0.143. The highest BCUT2D eigenvalue weighted by Crippen LogP contribution is 2.35. The van der Waals surface area contributed by atoms with Crippen LogP contribution in [0.5, 0.6) is 0 Å². The fourth-order valence-corrected chi connectivity index (χ4v) is 3.83. The van der Waals surface area contributed by atoms with Crippen molar-refractivity contribution < 1.29 is 9.53 Å². The van der Waals surface area contributed by atoms with Gasteiger partial charge in [0.15, 0.2) is 0 Å². The Balaban J connectivity index is 2.16. The van der Waals surface area contributed by atoms with Gasteiger partial charge < -0.3 is 4.74 Å². The third-order valence-corrected chi connectivity index (χ3v) is 5.13. The first kappa shape index (κ1) is 16.9. The second-order valence-electron chi connectivity index (χ2n) is 5.20. The van der Waals surface area contributed by atoms with E-state index in [2.05, 4.69) is 20.9 Å². The van der Waals surface area contributed by atoms with Crippen LogP contribution < -0.4 is 5.56 Å². The fraction of sp³-hybridized carbons (Fsp3) is 0.235. The van der Waals surface area contributed by atoms with E-state index in [1.807, 2.05) is 31.2 Å².